The number of halogens is 1. The van der Waals surface area contributed by atoms with E-state index in [2.05, 4.69) is 15.9 Å². The summed E-state index contributed by atoms with van der Waals surface area (Å²) in [6.45, 7) is 3.43. The fraction of sp³-hybridized carbons (Fsp3) is 0.500. The Labute approximate surface area is 155 Å². The van der Waals surface area contributed by atoms with Crippen LogP contribution in [-0.4, -0.2) is 48.4 Å². The molecule has 0 saturated carbocycles. The van der Waals surface area contributed by atoms with Crippen molar-refractivity contribution in [1.82, 2.24) is 4.90 Å². The molecule has 2 aliphatic rings. The Kier molecular flexibility index (Phi) is 5.54. The van der Waals surface area contributed by atoms with Crippen molar-refractivity contribution in [2.24, 2.45) is 5.92 Å². The summed E-state index contributed by atoms with van der Waals surface area (Å²) in [6, 6.07) is 6.75. The molecule has 0 bridgehead atoms. The lowest BCUT2D eigenvalue weighted by Gasteiger charge is -2.33. The number of ether oxygens (including phenoxy) is 1. The first-order valence-electron chi connectivity index (χ1n) is 8.54. The summed E-state index contributed by atoms with van der Waals surface area (Å²) in [5.41, 5.74) is 0.591. The van der Waals surface area contributed by atoms with Gasteiger partial charge in [0, 0.05) is 4.47 Å². The Balaban J connectivity index is 1.66. The summed E-state index contributed by atoms with van der Waals surface area (Å²) in [5.74, 6) is -0.630. The molecule has 7 heteroatoms. The van der Waals surface area contributed by atoms with Gasteiger partial charge >= 0.3 is 5.97 Å². The van der Waals surface area contributed by atoms with E-state index in [0.717, 1.165) is 4.47 Å². The second-order valence-corrected chi connectivity index (χ2v) is 7.25. The molecule has 2 fully saturated rings. The van der Waals surface area contributed by atoms with Crippen LogP contribution in [0.15, 0.2) is 28.7 Å². The van der Waals surface area contributed by atoms with Crippen molar-refractivity contribution in [2.75, 3.05) is 24.6 Å². The highest BCUT2D eigenvalue weighted by Crippen LogP contribution is 2.30. The Morgan fingerprint density at radius 3 is 2.64 bits per heavy atom. The summed E-state index contributed by atoms with van der Waals surface area (Å²) >= 11 is 3.37. The fourth-order valence-corrected chi connectivity index (χ4v) is 3.88. The largest absolute Gasteiger partial charge is 0.466 e. The quantitative estimate of drug-likeness (QED) is 0.564. The molecule has 3 rings (SSSR count). The van der Waals surface area contributed by atoms with Crippen LogP contribution >= 0.6 is 15.9 Å². The number of amides is 2. The smallest absolute Gasteiger partial charge is 0.309 e. The van der Waals surface area contributed by atoms with E-state index in [1.54, 1.807) is 25.1 Å². The van der Waals surface area contributed by atoms with Crippen LogP contribution in [0.25, 0.3) is 0 Å². The van der Waals surface area contributed by atoms with Crippen molar-refractivity contribution >= 4 is 39.4 Å². The van der Waals surface area contributed by atoms with E-state index in [0.29, 0.717) is 38.2 Å². The Morgan fingerprint density at radius 1 is 1.28 bits per heavy atom. The van der Waals surface area contributed by atoms with E-state index in [-0.39, 0.29) is 30.1 Å². The monoisotopic (exact) mass is 408 g/mol. The molecule has 134 valence electrons. The molecule has 1 unspecified atom stereocenters. The third-order valence-corrected chi connectivity index (χ3v) is 5.27. The van der Waals surface area contributed by atoms with Gasteiger partial charge in [0.2, 0.25) is 5.91 Å². The number of imide groups is 1. The molecular formula is C18H21BrN2O4. The van der Waals surface area contributed by atoms with Gasteiger partial charge in [0.1, 0.15) is 0 Å². The summed E-state index contributed by atoms with van der Waals surface area (Å²) in [5, 5.41) is 0. The number of rotatable bonds is 4. The molecule has 2 saturated heterocycles. The van der Waals surface area contributed by atoms with E-state index in [4.69, 9.17) is 4.74 Å². The average Bonchev–Trinajstić information content (AvgIpc) is 2.90. The molecule has 0 aromatic heterocycles. The second-order valence-electron chi connectivity index (χ2n) is 6.33. The van der Waals surface area contributed by atoms with Gasteiger partial charge in [-0.05, 0) is 51.1 Å². The van der Waals surface area contributed by atoms with E-state index >= 15 is 0 Å². The molecule has 2 aliphatic heterocycles. The fourth-order valence-electron chi connectivity index (χ4n) is 3.49. The number of anilines is 1. The predicted molar refractivity (Wildman–Crippen MR) is 96.0 cm³/mol. The van der Waals surface area contributed by atoms with E-state index < -0.39 is 6.04 Å². The van der Waals surface area contributed by atoms with Crippen LogP contribution in [0.5, 0.6) is 0 Å². The van der Waals surface area contributed by atoms with Crippen LogP contribution in [0.4, 0.5) is 5.69 Å². The Bertz CT molecular complexity index is 685. The minimum atomic E-state index is -0.436. The Morgan fingerprint density at radius 2 is 2.00 bits per heavy atom. The lowest BCUT2D eigenvalue weighted by atomic mass is 9.95. The van der Waals surface area contributed by atoms with Gasteiger partial charge in [0.05, 0.1) is 30.7 Å². The van der Waals surface area contributed by atoms with E-state index in [1.807, 2.05) is 11.0 Å². The number of hydrogen-bond acceptors (Lipinski definition) is 5. The van der Waals surface area contributed by atoms with Gasteiger partial charge in [-0.15, -0.1) is 0 Å². The molecule has 6 nitrogen and oxygen atoms in total. The summed E-state index contributed by atoms with van der Waals surface area (Å²) in [7, 11) is 0. The number of likely N-dealkylation sites (tertiary alicyclic amines) is 1. The van der Waals surface area contributed by atoms with Crippen molar-refractivity contribution in [3.63, 3.8) is 0 Å². The van der Waals surface area contributed by atoms with Crippen LogP contribution < -0.4 is 4.90 Å². The Hall–Kier alpha value is -1.73. The number of hydrogen-bond donors (Lipinski definition) is 0. The number of carbonyl (C=O) groups excluding carboxylic acids is 3. The molecule has 25 heavy (non-hydrogen) atoms. The highest BCUT2D eigenvalue weighted by atomic mass is 79.9. The van der Waals surface area contributed by atoms with Crippen LogP contribution in [-0.2, 0) is 19.1 Å². The molecule has 0 radical (unpaired) electrons. The molecule has 1 aromatic carbocycles. The highest BCUT2D eigenvalue weighted by Gasteiger charge is 2.44. The topological polar surface area (TPSA) is 66.9 Å². The summed E-state index contributed by atoms with van der Waals surface area (Å²) in [6.07, 6.45) is 1.51. The van der Waals surface area contributed by atoms with Crippen molar-refractivity contribution in [1.29, 1.82) is 0 Å². The third-order valence-electron chi connectivity index (χ3n) is 4.78. The summed E-state index contributed by atoms with van der Waals surface area (Å²) < 4.78 is 5.90. The number of nitrogens with zero attached hydrogens (tertiary/aromatic N) is 2. The zero-order valence-electron chi connectivity index (χ0n) is 14.1. The molecule has 2 heterocycles. The first-order chi connectivity index (χ1) is 12.0. The first kappa shape index (κ1) is 18.1. The maximum atomic E-state index is 12.8. The number of esters is 1. The van der Waals surface area contributed by atoms with Crippen LogP contribution in [0.1, 0.15) is 26.2 Å². The molecular weight excluding hydrogens is 388 g/mol. The lowest BCUT2D eigenvalue weighted by Crippen LogP contribution is -2.47. The zero-order valence-corrected chi connectivity index (χ0v) is 15.7. The van der Waals surface area contributed by atoms with Crippen molar-refractivity contribution in [3.05, 3.63) is 28.7 Å². The van der Waals surface area contributed by atoms with E-state index in [9.17, 15) is 14.4 Å². The van der Waals surface area contributed by atoms with Gasteiger partial charge in [0.15, 0.2) is 0 Å². The lowest BCUT2D eigenvalue weighted by molar-refractivity contribution is -0.149. The average molecular weight is 409 g/mol. The number of piperidine rings is 1. The van der Waals surface area contributed by atoms with Crippen molar-refractivity contribution in [3.8, 4) is 0 Å². The van der Waals surface area contributed by atoms with Crippen molar-refractivity contribution < 1.29 is 19.1 Å². The highest BCUT2D eigenvalue weighted by molar-refractivity contribution is 9.10. The van der Waals surface area contributed by atoms with Gasteiger partial charge in [0.25, 0.3) is 5.91 Å². The van der Waals surface area contributed by atoms with Gasteiger partial charge in [-0.3, -0.25) is 19.3 Å². The number of benzene rings is 1. The van der Waals surface area contributed by atoms with Crippen LogP contribution in [0, 0.1) is 5.92 Å². The van der Waals surface area contributed by atoms with E-state index in [1.165, 1.54) is 4.90 Å². The van der Waals surface area contributed by atoms with Gasteiger partial charge in [-0.2, -0.15) is 0 Å². The molecule has 1 atom stereocenters. The normalized spacial score (nSPS) is 22.5. The van der Waals surface area contributed by atoms with Crippen LogP contribution in [0.2, 0.25) is 0 Å². The molecule has 0 N–H and O–H groups in total. The summed E-state index contributed by atoms with van der Waals surface area (Å²) in [4.78, 5) is 40.3. The number of carbonyl (C=O) groups is 3. The van der Waals surface area contributed by atoms with Crippen molar-refractivity contribution in [2.45, 2.75) is 32.2 Å². The van der Waals surface area contributed by atoms with Crippen LogP contribution in [0.3, 0.4) is 0 Å². The SMILES string of the molecule is CCOC(=O)C1CCN(C2CC(=O)N(c3cccc(Br)c3)C2=O)CC1. The molecule has 2 amide bonds. The standard InChI is InChI=1S/C18H21BrN2O4/c1-2-25-18(24)12-6-8-20(9-7-12)15-11-16(22)21(17(15)23)14-5-3-4-13(19)10-14/h3-5,10,12,15H,2,6-9,11H2,1H3. The predicted octanol–water partition coefficient (Wildman–Crippen LogP) is 2.36. The zero-order chi connectivity index (χ0) is 18.0. The van der Waals surface area contributed by atoms with Gasteiger partial charge in [-0.25, -0.2) is 4.90 Å². The molecule has 0 aliphatic carbocycles. The molecule has 0 spiro atoms. The maximum absolute atomic E-state index is 12.8. The van der Waals surface area contributed by atoms with Gasteiger partial charge in [-0.1, -0.05) is 22.0 Å². The third kappa shape index (κ3) is 3.77. The first-order valence-corrected chi connectivity index (χ1v) is 9.33. The minimum absolute atomic E-state index is 0.107. The maximum Gasteiger partial charge on any atom is 0.309 e. The molecule has 1 aromatic rings. The second kappa shape index (κ2) is 7.66. The minimum Gasteiger partial charge on any atom is -0.466 e. The van der Waals surface area contributed by atoms with Gasteiger partial charge < -0.3 is 4.74 Å².